The van der Waals surface area contributed by atoms with E-state index in [1.165, 1.54) is 0 Å². The number of aromatic nitrogens is 1. The smallest absolute Gasteiger partial charge is 0.0606 e. The second kappa shape index (κ2) is 5.87. The molecule has 0 bridgehead atoms. The first-order chi connectivity index (χ1) is 10.7. The highest BCUT2D eigenvalue weighted by atomic mass is 16.3. The predicted octanol–water partition coefficient (Wildman–Crippen LogP) is 1.70. The van der Waals surface area contributed by atoms with Crippen molar-refractivity contribution in [3.8, 4) is 0 Å². The number of aryl methyl sites for hydroxylation is 1. The highest BCUT2D eigenvalue weighted by Gasteiger charge is 2.12. The lowest BCUT2D eigenvalue weighted by atomic mass is 10.1. The Hall–Kier alpha value is -2.24. The van der Waals surface area contributed by atoms with Crippen LogP contribution in [0.1, 0.15) is 0 Å². The van der Waals surface area contributed by atoms with Gasteiger partial charge in [0.2, 0.25) is 0 Å². The van der Waals surface area contributed by atoms with Crippen LogP contribution in [0, 0.1) is 0 Å². The zero-order valence-corrected chi connectivity index (χ0v) is 12.7. The minimum atomic E-state index is 0.0561. The van der Waals surface area contributed by atoms with Gasteiger partial charge >= 0.3 is 0 Å². The molecule has 2 aromatic carbocycles. The van der Waals surface area contributed by atoms with Crippen LogP contribution in [0.4, 0.5) is 11.4 Å². The molecule has 0 aliphatic carbocycles. The summed E-state index contributed by atoms with van der Waals surface area (Å²) in [6, 6.07) is 12.1. The average molecular weight is 299 g/mol. The maximum atomic E-state index is 9.21. The quantitative estimate of drug-likeness (QED) is 0.627. The summed E-state index contributed by atoms with van der Waals surface area (Å²) in [5.74, 6) is 0. The van der Waals surface area contributed by atoms with Crippen molar-refractivity contribution < 1.29 is 10.2 Å². The number of benzene rings is 2. The van der Waals surface area contributed by atoms with Crippen LogP contribution >= 0.6 is 0 Å². The predicted molar refractivity (Wildman–Crippen MR) is 91.2 cm³/mol. The Kier molecular flexibility index (Phi) is 3.92. The van der Waals surface area contributed by atoms with Gasteiger partial charge in [-0.05, 0) is 36.4 Å². The van der Waals surface area contributed by atoms with Crippen molar-refractivity contribution in [3.05, 3.63) is 36.4 Å². The molecule has 4 N–H and O–H groups in total. The van der Waals surface area contributed by atoms with E-state index in [0.29, 0.717) is 13.1 Å². The summed E-state index contributed by atoms with van der Waals surface area (Å²) >= 11 is 0. The number of nitrogens with zero attached hydrogens (tertiary/aromatic N) is 2. The Labute approximate surface area is 129 Å². The molecule has 1 heterocycles. The molecule has 0 spiro atoms. The van der Waals surface area contributed by atoms with E-state index in [2.05, 4.69) is 16.7 Å². The molecular weight excluding hydrogens is 278 g/mol. The normalized spacial score (nSPS) is 11.4. The molecule has 0 unspecified atom stereocenters. The lowest BCUT2D eigenvalue weighted by molar-refractivity contribution is 0.281. The number of nitrogens with two attached hydrogens (primary N) is 1. The van der Waals surface area contributed by atoms with E-state index in [0.717, 1.165) is 33.2 Å². The number of hydrogen-bond donors (Lipinski definition) is 3. The van der Waals surface area contributed by atoms with E-state index >= 15 is 0 Å². The Bertz CT molecular complexity index is 804. The van der Waals surface area contributed by atoms with E-state index in [-0.39, 0.29) is 13.2 Å². The van der Waals surface area contributed by atoms with Crippen LogP contribution in [0.2, 0.25) is 0 Å². The molecule has 3 aromatic rings. The van der Waals surface area contributed by atoms with Crippen molar-refractivity contribution in [2.45, 2.75) is 0 Å². The largest absolute Gasteiger partial charge is 0.399 e. The summed E-state index contributed by atoms with van der Waals surface area (Å²) in [5.41, 5.74) is 9.94. The van der Waals surface area contributed by atoms with Gasteiger partial charge in [0, 0.05) is 53.3 Å². The molecule has 0 aliphatic rings. The third kappa shape index (κ3) is 2.38. The number of nitrogen functional groups attached to an aromatic ring is 1. The first-order valence-electron chi connectivity index (χ1n) is 7.40. The van der Waals surface area contributed by atoms with Crippen molar-refractivity contribution in [1.29, 1.82) is 0 Å². The number of rotatable bonds is 5. The third-order valence-corrected chi connectivity index (χ3v) is 4.12. The standard InChI is InChI=1S/C17H21N3O2/c1-19-16-4-2-12(18)10-14(16)15-11-13(3-5-17(15)19)20(6-8-21)7-9-22/h2-5,10-11,21-22H,6-9,18H2,1H3. The molecular formula is C17H21N3O2. The fraction of sp³-hybridized carbons (Fsp3) is 0.294. The molecule has 116 valence electrons. The van der Waals surface area contributed by atoms with E-state index in [1.807, 2.05) is 36.2 Å². The summed E-state index contributed by atoms with van der Waals surface area (Å²) in [6.45, 7) is 1.11. The molecule has 0 fully saturated rings. The maximum Gasteiger partial charge on any atom is 0.0606 e. The van der Waals surface area contributed by atoms with Crippen molar-refractivity contribution in [1.82, 2.24) is 4.57 Å². The zero-order valence-electron chi connectivity index (χ0n) is 12.7. The second-order valence-electron chi connectivity index (χ2n) is 5.47. The van der Waals surface area contributed by atoms with Gasteiger partial charge in [-0.3, -0.25) is 0 Å². The van der Waals surface area contributed by atoms with E-state index in [1.54, 1.807) is 0 Å². The van der Waals surface area contributed by atoms with Gasteiger partial charge in [-0.25, -0.2) is 0 Å². The van der Waals surface area contributed by atoms with Crippen LogP contribution in [0.25, 0.3) is 21.8 Å². The van der Waals surface area contributed by atoms with Crippen LogP contribution < -0.4 is 10.6 Å². The Balaban J connectivity index is 2.19. The SMILES string of the molecule is Cn1c2ccc(N)cc2c2cc(N(CCO)CCO)ccc21. The Morgan fingerprint density at radius 1 is 0.955 bits per heavy atom. The van der Waals surface area contributed by atoms with Crippen molar-refractivity contribution in [3.63, 3.8) is 0 Å². The topological polar surface area (TPSA) is 74.7 Å². The summed E-state index contributed by atoms with van der Waals surface area (Å²) in [7, 11) is 2.04. The monoisotopic (exact) mass is 299 g/mol. The number of anilines is 2. The highest BCUT2D eigenvalue weighted by Crippen LogP contribution is 2.32. The van der Waals surface area contributed by atoms with Gasteiger partial charge in [-0.1, -0.05) is 0 Å². The van der Waals surface area contributed by atoms with Gasteiger partial charge in [-0.15, -0.1) is 0 Å². The second-order valence-corrected chi connectivity index (χ2v) is 5.47. The maximum absolute atomic E-state index is 9.21. The van der Waals surface area contributed by atoms with Crippen molar-refractivity contribution >= 4 is 33.2 Å². The van der Waals surface area contributed by atoms with Crippen LogP contribution in [0.3, 0.4) is 0 Å². The molecule has 0 atom stereocenters. The average Bonchev–Trinajstić information content (AvgIpc) is 2.79. The van der Waals surface area contributed by atoms with Crippen LogP contribution in [-0.4, -0.2) is 41.1 Å². The van der Waals surface area contributed by atoms with E-state index < -0.39 is 0 Å². The van der Waals surface area contributed by atoms with Crippen LogP contribution in [-0.2, 0) is 7.05 Å². The molecule has 1 aromatic heterocycles. The number of fused-ring (bicyclic) bond motifs is 3. The van der Waals surface area contributed by atoms with Gasteiger partial charge < -0.3 is 25.4 Å². The fourth-order valence-electron chi connectivity index (χ4n) is 3.03. The first-order valence-corrected chi connectivity index (χ1v) is 7.40. The Morgan fingerprint density at radius 2 is 1.55 bits per heavy atom. The molecule has 0 saturated carbocycles. The Morgan fingerprint density at radius 3 is 2.18 bits per heavy atom. The van der Waals surface area contributed by atoms with E-state index in [4.69, 9.17) is 5.73 Å². The van der Waals surface area contributed by atoms with Gasteiger partial charge in [-0.2, -0.15) is 0 Å². The molecule has 0 aliphatic heterocycles. The van der Waals surface area contributed by atoms with Gasteiger partial charge in [0.05, 0.1) is 13.2 Å². The number of aliphatic hydroxyl groups is 2. The summed E-state index contributed by atoms with van der Waals surface area (Å²) in [5, 5.41) is 20.7. The molecule has 22 heavy (non-hydrogen) atoms. The number of hydrogen-bond acceptors (Lipinski definition) is 4. The summed E-state index contributed by atoms with van der Waals surface area (Å²) in [6.07, 6.45) is 0. The minimum absolute atomic E-state index is 0.0561. The van der Waals surface area contributed by atoms with Crippen molar-refractivity contribution in [2.24, 2.45) is 7.05 Å². The van der Waals surface area contributed by atoms with Crippen LogP contribution in [0.5, 0.6) is 0 Å². The first kappa shape index (κ1) is 14.7. The number of aliphatic hydroxyl groups excluding tert-OH is 2. The molecule has 5 heteroatoms. The van der Waals surface area contributed by atoms with Crippen molar-refractivity contribution in [2.75, 3.05) is 36.9 Å². The lowest BCUT2D eigenvalue weighted by Crippen LogP contribution is -2.29. The molecule has 3 rings (SSSR count). The molecule has 0 radical (unpaired) electrons. The lowest BCUT2D eigenvalue weighted by Gasteiger charge is -2.23. The molecule has 5 nitrogen and oxygen atoms in total. The third-order valence-electron chi connectivity index (χ3n) is 4.12. The molecule has 0 saturated heterocycles. The minimum Gasteiger partial charge on any atom is -0.399 e. The summed E-state index contributed by atoms with van der Waals surface area (Å²) in [4.78, 5) is 1.98. The van der Waals surface area contributed by atoms with Gasteiger partial charge in [0.25, 0.3) is 0 Å². The molecule has 0 amide bonds. The zero-order chi connectivity index (χ0) is 15.7. The van der Waals surface area contributed by atoms with Crippen LogP contribution in [0.15, 0.2) is 36.4 Å². The fourth-order valence-corrected chi connectivity index (χ4v) is 3.03. The van der Waals surface area contributed by atoms with Gasteiger partial charge in [0.1, 0.15) is 0 Å². The van der Waals surface area contributed by atoms with E-state index in [9.17, 15) is 10.2 Å². The highest BCUT2D eigenvalue weighted by molar-refractivity contribution is 6.09. The van der Waals surface area contributed by atoms with Gasteiger partial charge in [0.15, 0.2) is 0 Å². The summed E-state index contributed by atoms with van der Waals surface area (Å²) < 4.78 is 2.15.